The highest BCUT2D eigenvalue weighted by Gasteiger charge is 2.56. The number of carbonyl (C=O) groups is 2. The number of ether oxygens (including phenoxy) is 2. The van der Waals surface area contributed by atoms with Gasteiger partial charge in [0.2, 0.25) is 11.8 Å². The fourth-order valence-corrected chi connectivity index (χ4v) is 7.00. The summed E-state index contributed by atoms with van der Waals surface area (Å²) in [5.41, 5.74) is 4.39. The monoisotopic (exact) mass is 541 g/mol. The summed E-state index contributed by atoms with van der Waals surface area (Å²) >= 11 is 7.88. The molecule has 1 N–H and O–H groups in total. The first kappa shape index (κ1) is 26.2. The van der Waals surface area contributed by atoms with E-state index in [9.17, 15) is 14.7 Å². The summed E-state index contributed by atoms with van der Waals surface area (Å²) in [4.78, 5) is 29.3. The van der Waals surface area contributed by atoms with E-state index in [1.807, 2.05) is 23.6 Å². The zero-order valence-electron chi connectivity index (χ0n) is 21.1. The molecule has 37 heavy (non-hydrogen) atoms. The Hall–Kier alpha value is -2.45. The number of aromatic hydroxyl groups is 1. The SMILES string of the molecule is CC/C(=C\c1ccc(O)cc1Cl)CC[C@H]1OC[C@H]2C1=C(COC)C[C@H]1C(=O)N(Cc3cccs3)C(=O)[C@H]12. The van der Waals surface area contributed by atoms with E-state index in [0.29, 0.717) is 31.2 Å². The molecule has 196 valence electrons. The van der Waals surface area contributed by atoms with E-state index in [0.717, 1.165) is 35.3 Å². The molecule has 3 aliphatic rings. The minimum atomic E-state index is -0.356. The van der Waals surface area contributed by atoms with Crippen molar-refractivity contribution in [1.29, 1.82) is 0 Å². The Balaban J connectivity index is 1.35. The maximum Gasteiger partial charge on any atom is 0.234 e. The second kappa shape index (κ2) is 11.1. The number of hydrogen-bond acceptors (Lipinski definition) is 6. The molecule has 5 rings (SSSR count). The van der Waals surface area contributed by atoms with Gasteiger partial charge in [-0.25, -0.2) is 0 Å². The average Bonchev–Trinajstić information content (AvgIpc) is 3.60. The van der Waals surface area contributed by atoms with Crippen molar-refractivity contribution in [2.24, 2.45) is 17.8 Å². The number of nitrogens with zero attached hydrogens (tertiary/aromatic N) is 1. The first-order valence-electron chi connectivity index (χ1n) is 12.8. The number of likely N-dealkylation sites (tertiary alicyclic amines) is 1. The predicted octanol–water partition coefficient (Wildman–Crippen LogP) is 5.84. The molecule has 0 saturated carbocycles. The van der Waals surface area contributed by atoms with Crippen LogP contribution < -0.4 is 0 Å². The molecule has 2 aliphatic heterocycles. The Bertz CT molecular complexity index is 1240. The van der Waals surface area contributed by atoms with Crippen LogP contribution >= 0.6 is 22.9 Å². The molecule has 2 aromatic rings. The van der Waals surface area contributed by atoms with Crippen LogP contribution in [-0.4, -0.2) is 48.2 Å². The molecule has 2 amide bonds. The van der Waals surface area contributed by atoms with Gasteiger partial charge in [-0.3, -0.25) is 14.5 Å². The van der Waals surface area contributed by atoms with Gasteiger partial charge in [0.15, 0.2) is 0 Å². The normalized spacial score (nSPS) is 25.7. The second-order valence-corrected chi connectivity index (χ2v) is 11.4. The number of imide groups is 1. The van der Waals surface area contributed by atoms with Crippen molar-refractivity contribution < 1.29 is 24.2 Å². The van der Waals surface area contributed by atoms with E-state index in [4.69, 9.17) is 21.1 Å². The standard InChI is InChI=1S/C29H32ClNO5S/c1-3-17(11-18-7-8-20(32)13-24(18)30)6-9-25-26-19(15-35-2)12-22-27(23(26)16-36-25)29(34)31(28(22)33)14-21-5-4-10-37-21/h4-5,7-8,10-11,13,22-23,25,27,32H,3,6,9,12,14-16H2,1-2H3/b17-11+/t22-,23+,25-,27-/m1/s1. The minimum Gasteiger partial charge on any atom is -0.508 e. The molecule has 1 aromatic carbocycles. The number of amides is 2. The van der Waals surface area contributed by atoms with E-state index in [1.54, 1.807) is 30.6 Å². The number of phenols is 1. The first-order chi connectivity index (χ1) is 17.9. The van der Waals surface area contributed by atoms with Gasteiger partial charge >= 0.3 is 0 Å². The number of benzene rings is 1. The summed E-state index contributed by atoms with van der Waals surface area (Å²) in [6.07, 6.45) is 5.00. The second-order valence-electron chi connectivity index (χ2n) is 10.00. The predicted molar refractivity (Wildman–Crippen MR) is 144 cm³/mol. The number of fused-ring (bicyclic) bond motifs is 3. The number of thiophene rings is 1. The Labute approximate surface area is 226 Å². The van der Waals surface area contributed by atoms with Crippen molar-refractivity contribution >= 4 is 40.8 Å². The highest BCUT2D eigenvalue weighted by Crippen LogP contribution is 2.50. The maximum absolute atomic E-state index is 13.5. The van der Waals surface area contributed by atoms with Crippen molar-refractivity contribution in [3.05, 3.63) is 67.9 Å². The van der Waals surface area contributed by atoms with Gasteiger partial charge in [0.05, 0.1) is 42.7 Å². The number of hydrogen-bond donors (Lipinski definition) is 1. The molecule has 2 saturated heterocycles. The highest BCUT2D eigenvalue weighted by atomic mass is 35.5. The first-order valence-corrected chi connectivity index (χ1v) is 14.0. The highest BCUT2D eigenvalue weighted by molar-refractivity contribution is 7.09. The average molecular weight is 542 g/mol. The third-order valence-electron chi connectivity index (χ3n) is 7.84. The van der Waals surface area contributed by atoms with Crippen LogP contribution in [0.25, 0.3) is 6.08 Å². The summed E-state index contributed by atoms with van der Waals surface area (Å²) in [6.45, 7) is 3.36. The fraction of sp³-hybridized carbons (Fsp3) is 0.448. The van der Waals surface area contributed by atoms with E-state index in [1.165, 1.54) is 16.0 Å². The Morgan fingerprint density at radius 3 is 2.81 bits per heavy atom. The molecule has 6 nitrogen and oxygen atoms in total. The Kier molecular flexibility index (Phi) is 7.86. The van der Waals surface area contributed by atoms with Gasteiger partial charge in [-0.15, -0.1) is 11.3 Å². The Morgan fingerprint density at radius 2 is 2.11 bits per heavy atom. The van der Waals surface area contributed by atoms with Gasteiger partial charge in [0, 0.05) is 17.9 Å². The minimum absolute atomic E-state index is 0.0669. The van der Waals surface area contributed by atoms with Crippen molar-refractivity contribution in [3.8, 4) is 5.75 Å². The lowest BCUT2D eigenvalue weighted by atomic mass is 9.69. The molecule has 3 heterocycles. The summed E-state index contributed by atoms with van der Waals surface area (Å²) in [6, 6.07) is 8.91. The fourth-order valence-electron chi connectivity index (χ4n) is 6.08. The van der Waals surface area contributed by atoms with E-state index >= 15 is 0 Å². The van der Waals surface area contributed by atoms with Gasteiger partial charge in [-0.05, 0) is 72.0 Å². The molecule has 1 aliphatic carbocycles. The molecule has 0 unspecified atom stereocenters. The van der Waals surface area contributed by atoms with E-state index in [-0.39, 0.29) is 41.4 Å². The van der Waals surface area contributed by atoms with Crippen molar-refractivity contribution in [2.45, 2.75) is 45.3 Å². The van der Waals surface area contributed by atoms with Gasteiger partial charge < -0.3 is 14.6 Å². The molecule has 0 radical (unpaired) electrons. The molecule has 8 heteroatoms. The third-order valence-corrected chi connectivity index (χ3v) is 9.03. The number of rotatable bonds is 9. The summed E-state index contributed by atoms with van der Waals surface area (Å²) in [5.74, 6) is -0.766. The van der Waals surface area contributed by atoms with Crippen LogP contribution in [0.2, 0.25) is 5.02 Å². The number of methoxy groups -OCH3 is 1. The van der Waals surface area contributed by atoms with Gasteiger partial charge in [0.1, 0.15) is 5.75 Å². The van der Waals surface area contributed by atoms with Gasteiger partial charge in [-0.2, -0.15) is 0 Å². The van der Waals surface area contributed by atoms with Crippen LogP contribution in [0, 0.1) is 17.8 Å². The summed E-state index contributed by atoms with van der Waals surface area (Å²) in [5, 5.41) is 12.1. The van der Waals surface area contributed by atoms with Gasteiger partial charge in [-0.1, -0.05) is 36.2 Å². The lowest BCUT2D eigenvalue weighted by molar-refractivity contribution is -0.140. The molecule has 4 atom stereocenters. The van der Waals surface area contributed by atoms with Crippen LogP contribution in [0.3, 0.4) is 0 Å². The van der Waals surface area contributed by atoms with Crippen LogP contribution in [0.15, 0.2) is 52.4 Å². The summed E-state index contributed by atoms with van der Waals surface area (Å²) in [7, 11) is 1.67. The summed E-state index contributed by atoms with van der Waals surface area (Å²) < 4.78 is 11.9. The maximum atomic E-state index is 13.5. The van der Waals surface area contributed by atoms with Crippen molar-refractivity contribution in [1.82, 2.24) is 4.90 Å². The smallest absolute Gasteiger partial charge is 0.234 e. The molecular formula is C29H32ClNO5S. The number of carbonyl (C=O) groups excluding carboxylic acids is 2. The van der Waals surface area contributed by atoms with Crippen LogP contribution in [0.5, 0.6) is 5.75 Å². The van der Waals surface area contributed by atoms with Gasteiger partial charge in [0.25, 0.3) is 0 Å². The van der Waals surface area contributed by atoms with Crippen LogP contribution in [-0.2, 0) is 25.6 Å². The van der Waals surface area contributed by atoms with E-state index < -0.39 is 0 Å². The van der Waals surface area contributed by atoms with Crippen molar-refractivity contribution in [3.63, 3.8) is 0 Å². The molecular weight excluding hydrogens is 510 g/mol. The molecule has 0 bridgehead atoms. The third kappa shape index (κ3) is 5.15. The Morgan fingerprint density at radius 1 is 1.27 bits per heavy atom. The number of allylic oxidation sites excluding steroid dienone is 1. The number of phenolic OH excluding ortho intramolecular Hbond substituents is 1. The zero-order valence-corrected chi connectivity index (χ0v) is 22.7. The lowest BCUT2D eigenvalue weighted by Gasteiger charge is -2.31. The van der Waals surface area contributed by atoms with E-state index in [2.05, 4.69) is 13.0 Å². The molecule has 1 aromatic heterocycles. The van der Waals surface area contributed by atoms with Crippen molar-refractivity contribution in [2.75, 3.05) is 20.3 Å². The zero-order chi connectivity index (χ0) is 26.1. The van der Waals surface area contributed by atoms with Crippen LogP contribution in [0.4, 0.5) is 0 Å². The number of halogens is 1. The van der Waals surface area contributed by atoms with Crippen LogP contribution in [0.1, 0.15) is 43.0 Å². The lowest BCUT2D eigenvalue weighted by Crippen LogP contribution is -2.35. The molecule has 0 spiro atoms. The topological polar surface area (TPSA) is 76.1 Å². The quantitative estimate of drug-likeness (QED) is 0.318. The largest absolute Gasteiger partial charge is 0.508 e. The molecule has 2 fully saturated rings.